The fraction of sp³-hybridized carbons (Fsp3) is 0.474. The Bertz CT molecular complexity index is 870. The van der Waals surface area contributed by atoms with Crippen LogP contribution >= 0.6 is 11.3 Å². The summed E-state index contributed by atoms with van der Waals surface area (Å²) in [5, 5.41) is 10.9. The van der Waals surface area contributed by atoms with Crippen molar-refractivity contribution in [3.63, 3.8) is 0 Å². The van der Waals surface area contributed by atoms with Crippen LogP contribution in [0.1, 0.15) is 41.7 Å². The number of nitrogens with zero attached hydrogens (tertiary/aromatic N) is 6. The summed E-state index contributed by atoms with van der Waals surface area (Å²) >= 11 is 1.72. The molecule has 0 bridgehead atoms. The Morgan fingerprint density at radius 3 is 3.07 bits per heavy atom. The molecule has 0 aliphatic carbocycles. The first-order chi connectivity index (χ1) is 13.2. The minimum absolute atomic E-state index is 0.244. The van der Waals surface area contributed by atoms with Crippen LogP contribution < -0.4 is 0 Å². The molecule has 1 amide bonds. The molecule has 0 N–H and O–H groups in total. The average Bonchev–Trinajstić information content (AvgIpc) is 3.44. The second-order valence-corrected chi connectivity index (χ2v) is 8.06. The van der Waals surface area contributed by atoms with Crippen molar-refractivity contribution in [2.24, 2.45) is 7.05 Å². The first-order valence-corrected chi connectivity index (χ1v) is 10.2. The Labute approximate surface area is 162 Å². The number of likely N-dealkylation sites (tertiary alicyclic amines) is 1. The van der Waals surface area contributed by atoms with E-state index in [1.54, 1.807) is 23.9 Å². The molecule has 1 aliphatic heterocycles. The SMILES string of the molecule is Cn1c(Cn2ccnc2)nnc1[C@@H]1CCCN(C(=O)CCc2cccs2)C1. The number of thiophene rings is 1. The minimum atomic E-state index is 0.244. The Hall–Kier alpha value is -2.48. The van der Waals surface area contributed by atoms with Crippen molar-refractivity contribution < 1.29 is 4.79 Å². The van der Waals surface area contributed by atoms with Crippen LogP contribution in [0.5, 0.6) is 0 Å². The fourth-order valence-electron chi connectivity index (χ4n) is 3.67. The van der Waals surface area contributed by atoms with Gasteiger partial charge in [0.2, 0.25) is 5.91 Å². The third-order valence-electron chi connectivity index (χ3n) is 5.19. The third kappa shape index (κ3) is 4.10. The van der Waals surface area contributed by atoms with Gasteiger partial charge in [0, 0.05) is 49.7 Å². The van der Waals surface area contributed by atoms with Crippen LogP contribution in [0.3, 0.4) is 0 Å². The first kappa shape index (κ1) is 17.9. The molecule has 1 aliphatic rings. The van der Waals surface area contributed by atoms with Gasteiger partial charge >= 0.3 is 0 Å². The summed E-state index contributed by atoms with van der Waals surface area (Å²) in [6.07, 6.45) is 8.93. The number of piperidine rings is 1. The first-order valence-electron chi connectivity index (χ1n) is 9.35. The predicted octanol–water partition coefficient (Wildman–Crippen LogP) is 2.46. The van der Waals surface area contributed by atoms with Crippen LogP contribution in [0.2, 0.25) is 0 Å². The quantitative estimate of drug-likeness (QED) is 0.655. The summed E-state index contributed by atoms with van der Waals surface area (Å²) in [5.41, 5.74) is 0. The van der Waals surface area contributed by atoms with Crippen molar-refractivity contribution in [1.82, 2.24) is 29.2 Å². The van der Waals surface area contributed by atoms with Gasteiger partial charge in [-0.3, -0.25) is 4.79 Å². The largest absolute Gasteiger partial charge is 0.342 e. The van der Waals surface area contributed by atoms with Crippen molar-refractivity contribution in [2.75, 3.05) is 13.1 Å². The summed E-state index contributed by atoms with van der Waals surface area (Å²) in [7, 11) is 2.01. The number of aromatic nitrogens is 5. The number of carbonyl (C=O) groups is 1. The molecule has 0 unspecified atom stereocenters. The maximum Gasteiger partial charge on any atom is 0.222 e. The van der Waals surface area contributed by atoms with Gasteiger partial charge in [0.25, 0.3) is 0 Å². The number of amides is 1. The van der Waals surface area contributed by atoms with E-state index < -0.39 is 0 Å². The molecule has 1 saturated heterocycles. The smallest absolute Gasteiger partial charge is 0.222 e. The van der Waals surface area contributed by atoms with E-state index in [0.29, 0.717) is 13.0 Å². The van der Waals surface area contributed by atoms with Gasteiger partial charge in [-0.25, -0.2) is 4.98 Å². The topological polar surface area (TPSA) is 68.8 Å². The molecule has 1 fully saturated rings. The van der Waals surface area contributed by atoms with Crippen molar-refractivity contribution in [2.45, 2.75) is 38.1 Å². The molecule has 0 aromatic carbocycles. The van der Waals surface area contributed by atoms with Crippen LogP contribution in [0.4, 0.5) is 0 Å². The second-order valence-electron chi connectivity index (χ2n) is 7.03. The summed E-state index contributed by atoms with van der Waals surface area (Å²) < 4.78 is 4.05. The number of rotatable bonds is 6. The van der Waals surface area contributed by atoms with E-state index in [4.69, 9.17) is 0 Å². The molecule has 1 atom stereocenters. The van der Waals surface area contributed by atoms with Crippen LogP contribution in [-0.4, -0.2) is 48.2 Å². The lowest BCUT2D eigenvalue weighted by Gasteiger charge is -2.32. The Morgan fingerprint density at radius 2 is 2.30 bits per heavy atom. The van der Waals surface area contributed by atoms with Crippen LogP contribution in [0, 0.1) is 0 Å². The molecule has 3 aromatic rings. The van der Waals surface area contributed by atoms with Gasteiger partial charge in [0.15, 0.2) is 5.82 Å². The molecule has 8 heteroatoms. The van der Waals surface area contributed by atoms with E-state index in [-0.39, 0.29) is 11.8 Å². The molecule has 0 radical (unpaired) electrons. The van der Waals surface area contributed by atoms with E-state index in [2.05, 4.69) is 31.2 Å². The summed E-state index contributed by atoms with van der Waals surface area (Å²) in [4.78, 5) is 20.0. The molecule has 7 nitrogen and oxygen atoms in total. The zero-order valence-electron chi connectivity index (χ0n) is 15.5. The maximum absolute atomic E-state index is 12.6. The van der Waals surface area contributed by atoms with E-state index >= 15 is 0 Å². The molecule has 142 valence electrons. The minimum Gasteiger partial charge on any atom is -0.342 e. The Balaban J connectivity index is 1.39. The van der Waals surface area contributed by atoms with Crippen molar-refractivity contribution in [1.29, 1.82) is 0 Å². The third-order valence-corrected chi connectivity index (χ3v) is 6.12. The normalized spacial score (nSPS) is 17.4. The van der Waals surface area contributed by atoms with Gasteiger partial charge in [-0.05, 0) is 30.7 Å². The zero-order valence-corrected chi connectivity index (χ0v) is 16.3. The Kier molecular flexibility index (Phi) is 5.33. The van der Waals surface area contributed by atoms with E-state index in [1.165, 1.54) is 4.88 Å². The van der Waals surface area contributed by atoms with Crippen LogP contribution in [0.25, 0.3) is 0 Å². The van der Waals surface area contributed by atoms with Crippen molar-refractivity contribution in [3.8, 4) is 0 Å². The molecule has 0 saturated carbocycles. The van der Waals surface area contributed by atoms with Gasteiger partial charge in [-0.2, -0.15) is 0 Å². The number of aryl methyl sites for hydroxylation is 1. The van der Waals surface area contributed by atoms with Gasteiger partial charge in [0.1, 0.15) is 5.82 Å². The van der Waals surface area contributed by atoms with Crippen molar-refractivity contribution in [3.05, 3.63) is 52.8 Å². The highest BCUT2D eigenvalue weighted by Crippen LogP contribution is 2.26. The van der Waals surface area contributed by atoms with Gasteiger partial charge in [-0.15, -0.1) is 21.5 Å². The summed E-state index contributed by atoms with van der Waals surface area (Å²) in [5.74, 6) is 2.37. The highest BCUT2D eigenvalue weighted by atomic mass is 32.1. The monoisotopic (exact) mass is 384 g/mol. The number of imidazole rings is 1. The predicted molar refractivity (Wildman–Crippen MR) is 104 cm³/mol. The lowest BCUT2D eigenvalue weighted by molar-refractivity contribution is -0.132. The van der Waals surface area contributed by atoms with E-state index in [0.717, 1.165) is 44.0 Å². The maximum atomic E-state index is 12.6. The summed E-state index contributed by atoms with van der Waals surface area (Å²) in [6, 6.07) is 4.13. The molecule has 3 aromatic heterocycles. The summed E-state index contributed by atoms with van der Waals surface area (Å²) in [6.45, 7) is 2.24. The van der Waals surface area contributed by atoms with Gasteiger partial charge in [0.05, 0.1) is 12.9 Å². The molecule has 0 spiro atoms. The average molecular weight is 385 g/mol. The highest BCUT2D eigenvalue weighted by Gasteiger charge is 2.28. The lowest BCUT2D eigenvalue weighted by Crippen LogP contribution is -2.39. The number of hydrogen-bond donors (Lipinski definition) is 0. The molecular weight excluding hydrogens is 360 g/mol. The van der Waals surface area contributed by atoms with Crippen molar-refractivity contribution >= 4 is 17.2 Å². The molecular formula is C19H24N6OS. The molecule has 4 heterocycles. The standard InChI is InChI=1S/C19H24N6OS/c1-23-17(13-24-10-8-20-14-24)21-22-19(23)15-4-2-9-25(12-15)18(26)7-6-16-5-3-11-27-16/h3,5,8,10-11,14-15H,2,4,6-7,9,12-13H2,1H3/t15-/m1/s1. The molecule has 27 heavy (non-hydrogen) atoms. The van der Waals surface area contributed by atoms with E-state index in [1.807, 2.05) is 28.8 Å². The van der Waals surface area contributed by atoms with Gasteiger partial charge < -0.3 is 14.0 Å². The van der Waals surface area contributed by atoms with Crippen LogP contribution in [0.15, 0.2) is 36.2 Å². The second kappa shape index (κ2) is 8.04. The molecule has 4 rings (SSSR count). The zero-order chi connectivity index (χ0) is 18.6. The van der Waals surface area contributed by atoms with Gasteiger partial charge in [-0.1, -0.05) is 6.07 Å². The lowest BCUT2D eigenvalue weighted by atomic mass is 9.96. The van der Waals surface area contributed by atoms with Crippen LogP contribution in [-0.2, 0) is 24.8 Å². The fourth-order valence-corrected chi connectivity index (χ4v) is 4.38. The van der Waals surface area contributed by atoms with E-state index in [9.17, 15) is 4.79 Å². The Morgan fingerprint density at radius 1 is 1.37 bits per heavy atom. The number of hydrogen-bond acceptors (Lipinski definition) is 5. The highest BCUT2D eigenvalue weighted by molar-refractivity contribution is 7.09. The number of carbonyl (C=O) groups excluding carboxylic acids is 1.